The van der Waals surface area contributed by atoms with Gasteiger partial charge in [0, 0.05) is 32.1 Å². The van der Waals surface area contributed by atoms with E-state index >= 15 is 0 Å². The summed E-state index contributed by atoms with van der Waals surface area (Å²) in [7, 11) is 0. The lowest BCUT2D eigenvalue weighted by Crippen LogP contribution is -2.46. The molecule has 0 aliphatic carbocycles. The number of nitrogens with zero attached hydrogens (tertiary/aromatic N) is 1. The first-order valence-electron chi connectivity index (χ1n) is 8.37. The highest BCUT2D eigenvalue weighted by Crippen LogP contribution is 2.21. The lowest BCUT2D eigenvalue weighted by molar-refractivity contribution is -0.121. The highest BCUT2D eigenvalue weighted by molar-refractivity contribution is 5.76. The molecule has 2 rings (SSSR count). The Hall–Kier alpha value is -1.39. The third-order valence-electron chi connectivity index (χ3n) is 4.53. The molecule has 1 aromatic rings. The molecule has 22 heavy (non-hydrogen) atoms. The maximum atomic E-state index is 11.6. The van der Waals surface area contributed by atoms with E-state index in [0.29, 0.717) is 19.0 Å². The summed E-state index contributed by atoms with van der Waals surface area (Å²) >= 11 is 0. The molecule has 1 aromatic carbocycles. The van der Waals surface area contributed by atoms with Crippen molar-refractivity contribution in [3.05, 3.63) is 34.9 Å². The minimum atomic E-state index is 0.0690. The molecule has 4 heteroatoms. The highest BCUT2D eigenvalue weighted by Gasteiger charge is 2.23. The van der Waals surface area contributed by atoms with Gasteiger partial charge in [0.15, 0.2) is 0 Å². The molecule has 3 N–H and O–H groups in total. The van der Waals surface area contributed by atoms with E-state index in [1.165, 1.54) is 29.5 Å². The molecule has 1 amide bonds. The van der Waals surface area contributed by atoms with Gasteiger partial charge in [0.1, 0.15) is 0 Å². The number of rotatable bonds is 6. The van der Waals surface area contributed by atoms with Gasteiger partial charge in [0.2, 0.25) is 5.91 Å². The molecule has 4 nitrogen and oxygen atoms in total. The number of nitrogens with two attached hydrogens (primary N) is 1. The quantitative estimate of drug-likeness (QED) is 0.846. The molecule has 1 atom stereocenters. The number of likely N-dealkylation sites (tertiary alicyclic amines) is 1. The second-order valence-electron chi connectivity index (χ2n) is 6.39. The number of aryl methyl sites for hydroxylation is 2. The summed E-state index contributed by atoms with van der Waals surface area (Å²) in [6.07, 6.45) is 4.08. The van der Waals surface area contributed by atoms with Gasteiger partial charge in [-0.3, -0.25) is 9.69 Å². The summed E-state index contributed by atoms with van der Waals surface area (Å²) in [5.74, 6) is 0.0690. The fourth-order valence-corrected chi connectivity index (χ4v) is 3.19. The summed E-state index contributed by atoms with van der Waals surface area (Å²) in [5, 5.41) is 3.03. The monoisotopic (exact) mass is 303 g/mol. The number of hydrogen-bond acceptors (Lipinski definition) is 3. The van der Waals surface area contributed by atoms with Gasteiger partial charge in [-0.15, -0.1) is 0 Å². The smallest absolute Gasteiger partial charge is 0.221 e. The Kier molecular flexibility index (Phi) is 6.40. The normalized spacial score (nSPS) is 19.1. The molecule has 1 aliphatic heterocycles. The lowest BCUT2D eigenvalue weighted by Gasteiger charge is -2.36. The van der Waals surface area contributed by atoms with Crippen LogP contribution < -0.4 is 11.1 Å². The molecule has 1 fully saturated rings. The summed E-state index contributed by atoms with van der Waals surface area (Å²) in [6, 6.07) is 7.11. The van der Waals surface area contributed by atoms with E-state index in [0.717, 1.165) is 26.1 Å². The van der Waals surface area contributed by atoms with E-state index in [9.17, 15) is 4.79 Å². The van der Waals surface area contributed by atoms with Gasteiger partial charge in [-0.2, -0.15) is 0 Å². The van der Waals surface area contributed by atoms with Crippen molar-refractivity contribution in [2.75, 3.05) is 19.6 Å². The molecule has 1 saturated heterocycles. The summed E-state index contributed by atoms with van der Waals surface area (Å²) in [5.41, 5.74) is 9.49. The zero-order valence-corrected chi connectivity index (χ0v) is 13.9. The number of benzene rings is 1. The SMILES string of the molecule is Cc1ccc(CN2CCCCC2CNC(=O)CCN)c(C)c1. The number of amides is 1. The Bertz CT molecular complexity index is 501. The number of nitrogens with one attached hydrogen (secondary N) is 1. The Morgan fingerprint density at radius 3 is 2.91 bits per heavy atom. The first-order chi connectivity index (χ1) is 10.6. The zero-order chi connectivity index (χ0) is 15.9. The van der Waals surface area contributed by atoms with E-state index in [2.05, 4.69) is 42.3 Å². The molecular formula is C18H29N3O. The van der Waals surface area contributed by atoms with Crippen LogP contribution in [-0.2, 0) is 11.3 Å². The van der Waals surface area contributed by atoms with E-state index in [4.69, 9.17) is 5.73 Å². The minimum absolute atomic E-state index is 0.0690. The van der Waals surface area contributed by atoms with Crippen LogP contribution in [0.3, 0.4) is 0 Å². The molecule has 1 unspecified atom stereocenters. The largest absolute Gasteiger partial charge is 0.354 e. The molecule has 0 radical (unpaired) electrons. The van der Waals surface area contributed by atoms with Crippen molar-refractivity contribution in [3.63, 3.8) is 0 Å². The average Bonchev–Trinajstić information content (AvgIpc) is 2.49. The molecule has 0 bridgehead atoms. The van der Waals surface area contributed by atoms with Crippen molar-refractivity contribution >= 4 is 5.91 Å². The molecule has 0 aromatic heterocycles. The van der Waals surface area contributed by atoms with Crippen molar-refractivity contribution in [2.45, 2.75) is 52.1 Å². The first kappa shape index (κ1) is 17.0. The second-order valence-corrected chi connectivity index (χ2v) is 6.39. The highest BCUT2D eigenvalue weighted by atomic mass is 16.1. The number of carbonyl (C=O) groups is 1. The molecule has 0 spiro atoms. The van der Waals surface area contributed by atoms with Gasteiger partial charge in [-0.25, -0.2) is 0 Å². The van der Waals surface area contributed by atoms with E-state index in [1.807, 2.05) is 0 Å². The summed E-state index contributed by atoms with van der Waals surface area (Å²) < 4.78 is 0. The van der Waals surface area contributed by atoms with Gasteiger partial charge in [-0.05, 0) is 44.4 Å². The second kappa shape index (κ2) is 8.30. The standard InChI is InChI=1S/C18H29N3O/c1-14-6-7-16(15(2)11-14)13-21-10-4-3-5-17(21)12-20-18(22)8-9-19/h6-7,11,17H,3-5,8-10,12-13,19H2,1-2H3,(H,20,22). The minimum Gasteiger partial charge on any atom is -0.354 e. The fraction of sp³-hybridized carbons (Fsp3) is 0.611. The number of piperidine rings is 1. The maximum Gasteiger partial charge on any atom is 0.221 e. The van der Waals surface area contributed by atoms with Crippen molar-refractivity contribution in [1.29, 1.82) is 0 Å². The van der Waals surface area contributed by atoms with Crippen LogP contribution in [0.2, 0.25) is 0 Å². The molecule has 1 aliphatic rings. The van der Waals surface area contributed by atoms with Crippen LogP contribution in [0.4, 0.5) is 0 Å². The van der Waals surface area contributed by atoms with Crippen molar-refractivity contribution in [3.8, 4) is 0 Å². The van der Waals surface area contributed by atoms with Gasteiger partial charge >= 0.3 is 0 Å². The molecule has 1 heterocycles. The Morgan fingerprint density at radius 2 is 2.18 bits per heavy atom. The molecule has 0 saturated carbocycles. The molecule has 122 valence electrons. The topological polar surface area (TPSA) is 58.4 Å². The van der Waals surface area contributed by atoms with Crippen molar-refractivity contribution in [2.24, 2.45) is 5.73 Å². The van der Waals surface area contributed by atoms with Crippen LogP contribution in [-0.4, -0.2) is 36.5 Å². The van der Waals surface area contributed by atoms with Crippen molar-refractivity contribution in [1.82, 2.24) is 10.2 Å². The van der Waals surface area contributed by atoms with Crippen molar-refractivity contribution < 1.29 is 4.79 Å². The van der Waals surface area contributed by atoms with Gasteiger partial charge in [-0.1, -0.05) is 30.2 Å². The van der Waals surface area contributed by atoms with Gasteiger partial charge < -0.3 is 11.1 Å². The summed E-state index contributed by atoms with van der Waals surface area (Å²) in [4.78, 5) is 14.2. The van der Waals surface area contributed by atoms with Crippen LogP contribution in [0.1, 0.15) is 42.4 Å². The fourth-order valence-electron chi connectivity index (χ4n) is 3.19. The van der Waals surface area contributed by atoms with Gasteiger partial charge in [0.05, 0.1) is 0 Å². The zero-order valence-electron chi connectivity index (χ0n) is 13.9. The lowest BCUT2D eigenvalue weighted by atomic mass is 9.99. The van der Waals surface area contributed by atoms with Crippen LogP contribution >= 0.6 is 0 Å². The van der Waals surface area contributed by atoms with Crippen LogP contribution in [0.5, 0.6) is 0 Å². The Balaban J connectivity index is 1.95. The van der Waals surface area contributed by atoms with E-state index in [-0.39, 0.29) is 5.91 Å². The molecular weight excluding hydrogens is 274 g/mol. The first-order valence-corrected chi connectivity index (χ1v) is 8.37. The van der Waals surface area contributed by atoms with Crippen LogP contribution in [0.25, 0.3) is 0 Å². The van der Waals surface area contributed by atoms with Gasteiger partial charge in [0.25, 0.3) is 0 Å². The van der Waals surface area contributed by atoms with Crippen LogP contribution in [0.15, 0.2) is 18.2 Å². The number of hydrogen-bond donors (Lipinski definition) is 2. The summed E-state index contributed by atoms with van der Waals surface area (Å²) in [6.45, 7) is 7.57. The number of carbonyl (C=O) groups excluding carboxylic acids is 1. The predicted octanol–water partition coefficient (Wildman–Crippen LogP) is 2.12. The van der Waals surface area contributed by atoms with E-state index < -0.39 is 0 Å². The third-order valence-corrected chi connectivity index (χ3v) is 4.53. The van der Waals surface area contributed by atoms with E-state index in [1.54, 1.807) is 0 Å². The Labute approximate surface area is 134 Å². The maximum absolute atomic E-state index is 11.6. The van der Waals surface area contributed by atoms with Crippen LogP contribution in [0, 0.1) is 13.8 Å². The third kappa shape index (κ3) is 4.82. The Morgan fingerprint density at radius 1 is 1.36 bits per heavy atom. The average molecular weight is 303 g/mol. The predicted molar refractivity (Wildman–Crippen MR) is 90.6 cm³/mol.